The van der Waals surface area contributed by atoms with Gasteiger partial charge in [-0.05, 0) is 55.0 Å². The van der Waals surface area contributed by atoms with Gasteiger partial charge in [0.2, 0.25) is 0 Å². The second-order valence-corrected chi connectivity index (χ2v) is 7.12. The molecule has 2 aromatic rings. The van der Waals surface area contributed by atoms with Gasteiger partial charge in [0.25, 0.3) is 5.91 Å². The lowest BCUT2D eigenvalue weighted by molar-refractivity contribution is -0.0498. The van der Waals surface area contributed by atoms with Crippen molar-refractivity contribution in [2.24, 2.45) is 0 Å². The minimum atomic E-state index is -3.33. The van der Waals surface area contributed by atoms with E-state index in [1.807, 2.05) is 0 Å². The van der Waals surface area contributed by atoms with Crippen LogP contribution in [0.15, 0.2) is 47.4 Å². The van der Waals surface area contributed by atoms with Gasteiger partial charge in [0.1, 0.15) is 5.75 Å². The molecule has 24 heavy (non-hydrogen) atoms. The first-order valence-electron chi connectivity index (χ1n) is 6.84. The maximum absolute atomic E-state index is 12.2. The Bertz CT molecular complexity index is 849. The van der Waals surface area contributed by atoms with E-state index in [9.17, 15) is 22.0 Å². The molecule has 0 aliphatic rings. The van der Waals surface area contributed by atoms with E-state index < -0.39 is 22.4 Å². The molecule has 0 spiro atoms. The van der Waals surface area contributed by atoms with Crippen LogP contribution in [0.25, 0.3) is 0 Å². The molecular weight excluding hydrogens is 340 g/mol. The summed E-state index contributed by atoms with van der Waals surface area (Å²) in [5, 5.41) is 2.64. The van der Waals surface area contributed by atoms with Gasteiger partial charge in [-0.2, -0.15) is 8.78 Å². The molecule has 2 rings (SSSR count). The summed E-state index contributed by atoms with van der Waals surface area (Å²) in [4.78, 5) is 12.3. The summed E-state index contributed by atoms with van der Waals surface area (Å²) >= 11 is 0. The van der Waals surface area contributed by atoms with E-state index in [0.29, 0.717) is 11.3 Å². The lowest BCUT2D eigenvalue weighted by Crippen LogP contribution is -2.13. The molecule has 0 heterocycles. The van der Waals surface area contributed by atoms with Gasteiger partial charge in [-0.25, -0.2) is 8.42 Å². The number of alkyl halides is 2. The molecule has 0 unspecified atom stereocenters. The smallest absolute Gasteiger partial charge is 0.387 e. The highest BCUT2D eigenvalue weighted by Crippen LogP contribution is 2.21. The van der Waals surface area contributed by atoms with Crippen molar-refractivity contribution in [2.75, 3.05) is 11.6 Å². The number of rotatable bonds is 5. The first kappa shape index (κ1) is 17.9. The van der Waals surface area contributed by atoms with Crippen LogP contribution in [0.4, 0.5) is 14.5 Å². The number of benzene rings is 2. The Hall–Kier alpha value is -2.48. The van der Waals surface area contributed by atoms with Crippen LogP contribution in [-0.4, -0.2) is 27.2 Å². The first-order valence-corrected chi connectivity index (χ1v) is 8.73. The zero-order chi connectivity index (χ0) is 17.9. The third kappa shape index (κ3) is 4.51. The maximum atomic E-state index is 12.2. The van der Waals surface area contributed by atoms with Gasteiger partial charge >= 0.3 is 6.61 Å². The number of anilines is 1. The van der Waals surface area contributed by atoms with Crippen molar-refractivity contribution in [1.29, 1.82) is 0 Å². The lowest BCUT2D eigenvalue weighted by atomic mass is 10.1. The highest BCUT2D eigenvalue weighted by atomic mass is 32.2. The molecule has 0 aliphatic heterocycles. The summed E-state index contributed by atoms with van der Waals surface area (Å²) < 4.78 is 51.4. The van der Waals surface area contributed by atoms with Crippen molar-refractivity contribution in [1.82, 2.24) is 0 Å². The summed E-state index contributed by atoms with van der Waals surface area (Å²) in [6.07, 6.45) is 1.10. The van der Waals surface area contributed by atoms with Gasteiger partial charge in [-0.15, -0.1) is 0 Å². The quantitative estimate of drug-likeness (QED) is 0.894. The van der Waals surface area contributed by atoms with Crippen molar-refractivity contribution in [3.8, 4) is 5.75 Å². The number of aryl methyl sites for hydroxylation is 1. The minimum absolute atomic E-state index is 0.0461. The van der Waals surface area contributed by atoms with Gasteiger partial charge in [0.05, 0.1) is 4.90 Å². The molecule has 1 N–H and O–H groups in total. The van der Waals surface area contributed by atoms with Crippen LogP contribution in [0.1, 0.15) is 15.9 Å². The van der Waals surface area contributed by atoms with Gasteiger partial charge in [-0.3, -0.25) is 4.79 Å². The fraction of sp³-hybridized carbons (Fsp3) is 0.188. The second kappa shape index (κ2) is 6.96. The lowest BCUT2D eigenvalue weighted by Gasteiger charge is -2.10. The molecule has 0 aromatic heterocycles. The number of sulfone groups is 1. The zero-order valence-corrected chi connectivity index (χ0v) is 13.7. The van der Waals surface area contributed by atoms with E-state index >= 15 is 0 Å². The molecule has 5 nitrogen and oxygen atoms in total. The molecule has 128 valence electrons. The SMILES string of the molecule is Cc1cc(S(C)(=O)=O)ccc1NC(=O)c1ccc(OC(F)F)cc1. The highest BCUT2D eigenvalue weighted by molar-refractivity contribution is 7.90. The Labute approximate surface area is 138 Å². The molecule has 0 radical (unpaired) electrons. The van der Waals surface area contributed by atoms with Crippen LogP contribution < -0.4 is 10.1 Å². The Morgan fingerprint density at radius 2 is 1.75 bits per heavy atom. The monoisotopic (exact) mass is 355 g/mol. The van der Waals surface area contributed by atoms with E-state index in [0.717, 1.165) is 6.26 Å². The second-order valence-electron chi connectivity index (χ2n) is 5.11. The highest BCUT2D eigenvalue weighted by Gasteiger charge is 2.12. The first-order chi connectivity index (χ1) is 11.2. The van der Waals surface area contributed by atoms with Crippen LogP contribution >= 0.6 is 0 Å². The molecule has 0 bridgehead atoms. The van der Waals surface area contributed by atoms with Crippen molar-refractivity contribution in [3.05, 3.63) is 53.6 Å². The number of ether oxygens (including phenoxy) is 1. The summed E-state index contributed by atoms with van der Waals surface area (Å²) in [5.41, 5.74) is 1.30. The van der Waals surface area contributed by atoms with E-state index in [1.54, 1.807) is 6.92 Å². The normalized spacial score (nSPS) is 11.4. The zero-order valence-electron chi connectivity index (χ0n) is 12.9. The summed E-state index contributed by atoms with van der Waals surface area (Å²) in [6, 6.07) is 9.60. The molecule has 1 amide bonds. The summed E-state index contributed by atoms with van der Waals surface area (Å²) in [5.74, 6) is -0.496. The van der Waals surface area contributed by atoms with Gasteiger partial charge < -0.3 is 10.1 Å². The number of nitrogens with one attached hydrogen (secondary N) is 1. The molecule has 0 aliphatic carbocycles. The van der Waals surface area contributed by atoms with Gasteiger partial charge in [0, 0.05) is 17.5 Å². The van der Waals surface area contributed by atoms with Crippen molar-refractivity contribution in [2.45, 2.75) is 18.4 Å². The third-order valence-electron chi connectivity index (χ3n) is 3.22. The average Bonchev–Trinajstić information content (AvgIpc) is 2.48. The Morgan fingerprint density at radius 1 is 1.12 bits per heavy atom. The van der Waals surface area contributed by atoms with Crippen molar-refractivity contribution in [3.63, 3.8) is 0 Å². The fourth-order valence-electron chi connectivity index (χ4n) is 1.99. The molecule has 0 atom stereocenters. The molecule has 8 heteroatoms. The summed E-state index contributed by atoms with van der Waals surface area (Å²) in [6.45, 7) is -1.26. The predicted octanol–water partition coefficient (Wildman–Crippen LogP) is 3.25. The van der Waals surface area contributed by atoms with Crippen LogP contribution in [0, 0.1) is 6.92 Å². The van der Waals surface area contributed by atoms with Crippen molar-refractivity contribution >= 4 is 21.4 Å². The number of carbonyl (C=O) groups is 1. The van der Waals surface area contributed by atoms with Crippen LogP contribution in [0.2, 0.25) is 0 Å². The minimum Gasteiger partial charge on any atom is -0.435 e. The number of halogens is 2. The molecular formula is C16H15F2NO4S. The maximum Gasteiger partial charge on any atom is 0.387 e. The van der Waals surface area contributed by atoms with E-state index in [1.165, 1.54) is 42.5 Å². The Morgan fingerprint density at radius 3 is 2.25 bits per heavy atom. The van der Waals surface area contributed by atoms with E-state index in [-0.39, 0.29) is 16.2 Å². The number of hydrogen-bond acceptors (Lipinski definition) is 4. The van der Waals surface area contributed by atoms with E-state index in [2.05, 4.69) is 10.1 Å². The van der Waals surface area contributed by atoms with Crippen LogP contribution in [-0.2, 0) is 9.84 Å². The number of hydrogen-bond donors (Lipinski definition) is 1. The third-order valence-corrected chi connectivity index (χ3v) is 4.33. The molecule has 0 saturated heterocycles. The van der Waals surface area contributed by atoms with Gasteiger partial charge in [-0.1, -0.05) is 0 Å². The van der Waals surface area contributed by atoms with Crippen LogP contribution in [0.5, 0.6) is 5.75 Å². The number of carbonyl (C=O) groups excluding carboxylic acids is 1. The van der Waals surface area contributed by atoms with Gasteiger partial charge in [0.15, 0.2) is 9.84 Å². The molecule has 0 saturated carbocycles. The predicted molar refractivity (Wildman–Crippen MR) is 85.3 cm³/mol. The van der Waals surface area contributed by atoms with Crippen LogP contribution in [0.3, 0.4) is 0 Å². The number of amides is 1. The topological polar surface area (TPSA) is 72.5 Å². The summed E-state index contributed by atoms with van der Waals surface area (Å²) in [7, 11) is -3.33. The van der Waals surface area contributed by atoms with E-state index in [4.69, 9.17) is 0 Å². The largest absolute Gasteiger partial charge is 0.435 e. The fourth-order valence-corrected chi connectivity index (χ4v) is 2.70. The Kier molecular flexibility index (Phi) is 5.18. The molecule has 2 aromatic carbocycles. The standard InChI is InChI=1S/C16H15F2NO4S/c1-10-9-13(24(2,21)22)7-8-14(10)19-15(20)11-3-5-12(6-4-11)23-16(17)18/h3-9,16H,1-2H3,(H,19,20). The Balaban J connectivity index is 2.15. The molecule has 0 fully saturated rings. The average molecular weight is 355 g/mol. The van der Waals surface area contributed by atoms with Crippen molar-refractivity contribution < 1.29 is 26.7 Å².